The van der Waals surface area contributed by atoms with Crippen LogP contribution in [0.4, 0.5) is 0 Å². The van der Waals surface area contributed by atoms with Gasteiger partial charge in [-0.3, -0.25) is 9.00 Å². The zero-order valence-electron chi connectivity index (χ0n) is 14.0. The molecule has 2 aromatic carbocycles. The molecule has 6 heteroatoms. The van der Waals surface area contributed by atoms with Crippen molar-refractivity contribution in [2.75, 3.05) is 6.26 Å². The summed E-state index contributed by atoms with van der Waals surface area (Å²) in [5.41, 5.74) is 0.939. The second kappa shape index (κ2) is 6.38. The number of rotatable bonds is 3. The van der Waals surface area contributed by atoms with Crippen molar-refractivity contribution in [2.24, 2.45) is 0 Å². The predicted octanol–water partition coefficient (Wildman–Crippen LogP) is 2.89. The number of fused-ring (bicyclic) bond motifs is 3. The van der Waals surface area contributed by atoms with Crippen molar-refractivity contribution < 1.29 is 8.63 Å². The van der Waals surface area contributed by atoms with Crippen molar-refractivity contribution in [2.45, 2.75) is 11.4 Å². The van der Waals surface area contributed by atoms with Crippen LogP contribution in [0.5, 0.6) is 0 Å². The van der Waals surface area contributed by atoms with Gasteiger partial charge in [0.2, 0.25) is 0 Å². The molecule has 0 aliphatic carbocycles. The van der Waals surface area contributed by atoms with Gasteiger partial charge in [0.1, 0.15) is 4.90 Å². The van der Waals surface area contributed by atoms with Gasteiger partial charge >= 0.3 is 5.63 Å². The summed E-state index contributed by atoms with van der Waals surface area (Å²) in [6.07, 6.45) is 1.39. The molecule has 5 nitrogen and oxygen atoms in total. The number of aromatic nitrogens is 1. The summed E-state index contributed by atoms with van der Waals surface area (Å²) in [4.78, 5) is 25.3. The SMILES string of the molecule is CS(=O)c1cc2c(=O)n(Cc3ccccc3)c3ccccc3c2oc1=O. The maximum Gasteiger partial charge on any atom is 0.352 e. The standard InChI is InChI=1S/C20H15NO4S/c1-26(24)17-11-15-18(25-20(17)23)14-9-5-6-10-16(14)21(19(15)22)12-13-7-3-2-4-8-13/h2-11H,12H2,1H3. The van der Waals surface area contributed by atoms with E-state index in [1.807, 2.05) is 54.6 Å². The van der Waals surface area contributed by atoms with Crippen LogP contribution in [0.1, 0.15) is 5.56 Å². The minimum atomic E-state index is -1.54. The van der Waals surface area contributed by atoms with E-state index in [1.165, 1.54) is 12.3 Å². The lowest BCUT2D eigenvalue weighted by molar-refractivity contribution is 0.543. The molecular formula is C20H15NO4S. The summed E-state index contributed by atoms with van der Waals surface area (Å²) in [6.45, 7) is 0.389. The number of hydrogen-bond donors (Lipinski definition) is 0. The van der Waals surface area contributed by atoms with E-state index < -0.39 is 16.4 Å². The largest absolute Gasteiger partial charge is 0.421 e. The van der Waals surface area contributed by atoms with Crippen molar-refractivity contribution in [3.63, 3.8) is 0 Å². The van der Waals surface area contributed by atoms with Gasteiger partial charge in [-0.25, -0.2) is 4.79 Å². The maximum absolute atomic E-state index is 13.1. The van der Waals surface area contributed by atoms with Crippen LogP contribution in [-0.4, -0.2) is 15.0 Å². The van der Waals surface area contributed by atoms with E-state index in [-0.39, 0.29) is 21.4 Å². The molecule has 1 atom stereocenters. The summed E-state index contributed by atoms with van der Waals surface area (Å²) < 4.78 is 18.8. The molecule has 130 valence electrons. The Labute approximate surface area is 151 Å². The van der Waals surface area contributed by atoms with Crippen molar-refractivity contribution in [1.82, 2.24) is 4.57 Å². The Kier molecular flexibility index (Phi) is 4.05. The minimum absolute atomic E-state index is 0.00357. The van der Waals surface area contributed by atoms with E-state index in [2.05, 4.69) is 0 Å². The third kappa shape index (κ3) is 2.68. The highest BCUT2D eigenvalue weighted by atomic mass is 32.2. The van der Waals surface area contributed by atoms with E-state index in [9.17, 15) is 13.8 Å². The molecule has 0 aliphatic heterocycles. The van der Waals surface area contributed by atoms with Gasteiger partial charge < -0.3 is 8.98 Å². The number of para-hydroxylation sites is 1. The van der Waals surface area contributed by atoms with Gasteiger partial charge in [-0.15, -0.1) is 0 Å². The highest BCUT2D eigenvalue weighted by Crippen LogP contribution is 2.23. The monoisotopic (exact) mass is 365 g/mol. The fourth-order valence-electron chi connectivity index (χ4n) is 3.09. The number of nitrogens with zero attached hydrogens (tertiary/aromatic N) is 1. The highest BCUT2D eigenvalue weighted by molar-refractivity contribution is 7.84. The molecular weight excluding hydrogens is 350 g/mol. The van der Waals surface area contributed by atoms with Crippen molar-refractivity contribution >= 4 is 32.7 Å². The third-order valence-electron chi connectivity index (χ3n) is 4.32. The molecule has 2 aromatic heterocycles. The first-order valence-corrected chi connectivity index (χ1v) is 9.59. The Hall–Kier alpha value is -2.99. The zero-order chi connectivity index (χ0) is 18.3. The van der Waals surface area contributed by atoms with E-state index in [4.69, 9.17) is 4.42 Å². The molecule has 2 heterocycles. The van der Waals surface area contributed by atoms with E-state index in [1.54, 1.807) is 4.57 Å². The van der Waals surface area contributed by atoms with Gasteiger partial charge in [0, 0.05) is 11.6 Å². The van der Waals surface area contributed by atoms with Gasteiger partial charge in [-0.2, -0.15) is 0 Å². The van der Waals surface area contributed by atoms with Crippen LogP contribution in [0.25, 0.3) is 21.9 Å². The summed E-state index contributed by atoms with van der Waals surface area (Å²) >= 11 is 0. The minimum Gasteiger partial charge on any atom is -0.421 e. The molecule has 0 fully saturated rings. The van der Waals surface area contributed by atoms with Gasteiger partial charge in [0.05, 0.1) is 28.2 Å². The normalized spacial score (nSPS) is 12.5. The smallest absolute Gasteiger partial charge is 0.352 e. The van der Waals surface area contributed by atoms with E-state index in [0.717, 1.165) is 5.56 Å². The molecule has 0 aliphatic rings. The van der Waals surface area contributed by atoms with Crippen LogP contribution in [-0.2, 0) is 17.3 Å². The first-order chi connectivity index (χ1) is 12.6. The Morgan fingerprint density at radius 1 is 0.962 bits per heavy atom. The molecule has 0 radical (unpaired) electrons. The topological polar surface area (TPSA) is 69.3 Å². The lowest BCUT2D eigenvalue weighted by atomic mass is 10.1. The third-order valence-corrected chi connectivity index (χ3v) is 5.23. The lowest BCUT2D eigenvalue weighted by Gasteiger charge is -2.12. The van der Waals surface area contributed by atoms with Gasteiger partial charge in [-0.1, -0.05) is 42.5 Å². The van der Waals surface area contributed by atoms with Gasteiger partial charge in [0.25, 0.3) is 5.56 Å². The average molecular weight is 365 g/mol. The van der Waals surface area contributed by atoms with Crippen LogP contribution in [0.15, 0.2) is 79.6 Å². The van der Waals surface area contributed by atoms with E-state index in [0.29, 0.717) is 17.4 Å². The fourth-order valence-corrected chi connectivity index (χ4v) is 3.65. The highest BCUT2D eigenvalue weighted by Gasteiger charge is 2.16. The molecule has 4 rings (SSSR count). The summed E-state index contributed by atoms with van der Waals surface area (Å²) in [6, 6.07) is 18.3. The van der Waals surface area contributed by atoms with Crippen molar-refractivity contribution in [3.05, 3.63) is 87.0 Å². The van der Waals surface area contributed by atoms with Crippen LogP contribution in [0, 0.1) is 0 Å². The summed E-state index contributed by atoms with van der Waals surface area (Å²) in [5, 5.41) is 0.924. The maximum atomic E-state index is 13.1. The number of benzene rings is 2. The molecule has 26 heavy (non-hydrogen) atoms. The van der Waals surface area contributed by atoms with Crippen LogP contribution in [0.2, 0.25) is 0 Å². The molecule has 0 saturated carbocycles. The Bertz CT molecular complexity index is 1270. The molecule has 0 spiro atoms. The van der Waals surface area contributed by atoms with Crippen molar-refractivity contribution in [3.8, 4) is 0 Å². The summed E-state index contributed by atoms with van der Waals surface area (Å²) in [7, 11) is -1.54. The van der Waals surface area contributed by atoms with Crippen molar-refractivity contribution in [1.29, 1.82) is 0 Å². The second-order valence-electron chi connectivity index (χ2n) is 5.99. The first kappa shape index (κ1) is 16.5. The molecule has 4 aromatic rings. The van der Waals surface area contributed by atoms with E-state index >= 15 is 0 Å². The first-order valence-electron chi connectivity index (χ1n) is 8.03. The van der Waals surface area contributed by atoms with Crippen LogP contribution >= 0.6 is 0 Å². The Morgan fingerprint density at radius 3 is 2.38 bits per heavy atom. The number of hydrogen-bond acceptors (Lipinski definition) is 4. The number of pyridine rings is 1. The van der Waals surface area contributed by atoms with Gasteiger partial charge in [-0.05, 0) is 23.8 Å². The average Bonchev–Trinajstić information content (AvgIpc) is 2.65. The zero-order valence-corrected chi connectivity index (χ0v) is 14.8. The van der Waals surface area contributed by atoms with Crippen LogP contribution < -0.4 is 11.2 Å². The Morgan fingerprint density at radius 2 is 1.65 bits per heavy atom. The molecule has 1 unspecified atom stereocenters. The van der Waals surface area contributed by atoms with Gasteiger partial charge in [0.15, 0.2) is 5.58 Å². The lowest BCUT2D eigenvalue weighted by Crippen LogP contribution is -2.23. The quantitative estimate of drug-likeness (QED) is 0.524. The molecule has 0 saturated heterocycles. The van der Waals surface area contributed by atoms with Crippen LogP contribution in [0.3, 0.4) is 0 Å². The second-order valence-corrected chi connectivity index (χ2v) is 7.34. The summed E-state index contributed by atoms with van der Waals surface area (Å²) in [5.74, 6) is 0. The molecule has 0 N–H and O–H groups in total. The fraction of sp³-hybridized carbons (Fsp3) is 0.100. The molecule has 0 amide bonds. The predicted molar refractivity (Wildman–Crippen MR) is 102 cm³/mol. The Balaban J connectivity index is 2.11. The molecule has 0 bridgehead atoms.